The van der Waals surface area contributed by atoms with E-state index in [0.29, 0.717) is 16.1 Å². The molecule has 4 heteroatoms. The molecule has 0 spiro atoms. The van der Waals surface area contributed by atoms with E-state index in [0.717, 1.165) is 18.5 Å². The number of nitrogens with one attached hydrogen (secondary N) is 1. The molecule has 1 unspecified atom stereocenters. The molecule has 2 rings (SSSR count). The molecule has 1 nitrogen and oxygen atoms in total. The maximum Gasteiger partial charge on any atom is 0.126 e. The van der Waals surface area contributed by atoms with E-state index in [2.05, 4.69) is 5.32 Å². The summed E-state index contributed by atoms with van der Waals surface area (Å²) in [6, 6.07) is 8.95. The van der Waals surface area contributed by atoms with E-state index >= 15 is 0 Å². The van der Waals surface area contributed by atoms with Crippen LogP contribution in [0.15, 0.2) is 36.4 Å². The first kappa shape index (κ1) is 15.9. The zero-order valence-electron chi connectivity index (χ0n) is 12.1. The predicted molar refractivity (Wildman–Crippen MR) is 82.7 cm³/mol. The Kier molecular flexibility index (Phi) is 5.32. The number of aryl methyl sites for hydroxylation is 1. The first-order valence-corrected chi connectivity index (χ1v) is 7.35. The van der Waals surface area contributed by atoms with Crippen LogP contribution in [0.5, 0.6) is 0 Å². The molecule has 0 saturated carbocycles. The van der Waals surface area contributed by atoms with Crippen molar-refractivity contribution >= 4 is 11.6 Å². The highest BCUT2D eigenvalue weighted by Gasteiger charge is 2.18. The van der Waals surface area contributed by atoms with Crippen LogP contribution in [0.25, 0.3) is 0 Å². The van der Waals surface area contributed by atoms with Gasteiger partial charge in [0, 0.05) is 5.02 Å². The van der Waals surface area contributed by atoms with Crippen molar-refractivity contribution in [1.82, 2.24) is 5.32 Å². The average molecular weight is 310 g/mol. The molecule has 1 atom stereocenters. The van der Waals surface area contributed by atoms with Crippen LogP contribution in [-0.4, -0.2) is 6.54 Å². The van der Waals surface area contributed by atoms with Crippen molar-refractivity contribution < 1.29 is 8.78 Å². The summed E-state index contributed by atoms with van der Waals surface area (Å²) in [4.78, 5) is 0. The van der Waals surface area contributed by atoms with Gasteiger partial charge in [0.1, 0.15) is 11.6 Å². The lowest BCUT2D eigenvalue weighted by atomic mass is 9.97. The lowest BCUT2D eigenvalue weighted by molar-refractivity contribution is 0.575. The summed E-state index contributed by atoms with van der Waals surface area (Å²) < 4.78 is 27.4. The van der Waals surface area contributed by atoms with Crippen LogP contribution in [0.2, 0.25) is 5.02 Å². The second kappa shape index (κ2) is 7.01. The van der Waals surface area contributed by atoms with Crippen LogP contribution in [0.3, 0.4) is 0 Å². The van der Waals surface area contributed by atoms with Gasteiger partial charge in [0.05, 0.1) is 6.04 Å². The lowest BCUT2D eigenvalue weighted by Gasteiger charge is -2.21. The molecule has 0 bridgehead atoms. The highest BCUT2D eigenvalue weighted by atomic mass is 35.5. The zero-order valence-corrected chi connectivity index (χ0v) is 12.8. The van der Waals surface area contributed by atoms with Crippen molar-refractivity contribution in [3.05, 3.63) is 69.7 Å². The highest BCUT2D eigenvalue weighted by Crippen LogP contribution is 2.30. The van der Waals surface area contributed by atoms with Crippen molar-refractivity contribution in [2.24, 2.45) is 0 Å². The number of halogens is 3. The van der Waals surface area contributed by atoms with Gasteiger partial charge in [0.15, 0.2) is 0 Å². The molecule has 0 heterocycles. The monoisotopic (exact) mass is 309 g/mol. The van der Waals surface area contributed by atoms with E-state index in [9.17, 15) is 8.78 Å². The van der Waals surface area contributed by atoms with Gasteiger partial charge in [-0.15, -0.1) is 0 Å². The molecule has 0 aromatic heterocycles. The molecule has 0 radical (unpaired) electrons. The summed E-state index contributed by atoms with van der Waals surface area (Å²) in [6.45, 7) is 4.47. The van der Waals surface area contributed by atoms with Gasteiger partial charge in [-0.1, -0.05) is 30.7 Å². The predicted octanol–water partition coefficient (Wildman–Crippen LogP) is 5.02. The Morgan fingerprint density at radius 2 is 1.90 bits per heavy atom. The zero-order chi connectivity index (χ0) is 15.4. The summed E-state index contributed by atoms with van der Waals surface area (Å²) in [6.07, 6.45) is 0.914. The number of benzene rings is 2. The normalized spacial score (nSPS) is 12.4. The van der Waals surface area contributed by atoms with Crippen LogP contribution < -0.4 is 5.32 Å². The molecule has 1 N–H and O–H groups in total. The Morgan fingerprint density at radius 3 is 2.57 bits per heavy atom. The molecule has 2 aromatic carbocycles. The topological polar surface area (TPSA) is 12.0 Å². The van der Waals surface area contributed by atoms with Gasteiger partial charge in [0.25, 0.3) is 0 Å². The maximum atomic E-state index is 13.8. The van der Waals surface area contributed by atoms with Crippen LogP contribution in [0.4, 0.5) is 8.78 Å². The molecule has 0 amide bonds. The quantitative estimate of drug-likeness (QED) is 0.818. The summed E-state index contributed by atoms with van der Waals surface area (Å²) in [5.74, 6) is -0.631. The first-order chi connectivity index (χ1) is 10.0. The fraction of sp³-hybridized carbons (Fsp3) is 0.294. The van der Waals surface area contributed by atoms with Crippen molar-refractivity contribution in [1.29, 1.82) is 0 Å². The summed E-state index contributed by atoms with van der Waals surface area (Å²) in [5, 5.41) is 3.76. The standard InChI is InChI=1S/C17H18ClF2N/c1-3-8-21-17(12-5-4-11(2)16(20)9-12)14-10-13(19)6-7-15(14)18/h4-7,9-10,17,21H,3,8H2,1-2H3. The smallest absolute Gasteiger partial charge is 0.126 e. The molecule has 0 aliphatic carbocycles. The number of hydrogen-bond acceptors (Lipinski definition) is 1. The SMILES string of the molecule is CCCNC(c1ccc(C)c(F)c1)c1cc(F)ccc1Cl. The largest absolute Gasteiger partial charge is 0.306 e. The third-order valence-corrected chi connectivity index (χ3v) is 3.74. The lowest BCUT2D eigenvalue weighted by Crippen LogP contribution is -2.23. The Morgan fingerprint density at radius 1 is 1.14 bits per heavy atom. The Hall–Kier alpha value is -1.45. The minimum atomic E-state index is -0.356. The van der Waals surface area contributed by atoms with Gasteiger partial charge in [-0.2, -0.15) is 0 Å². The summed E-state index contributed by atoms with van der Waals surface area (Å²) in [7, 11) is 0. The van der Waals surface area contributed by atoms with Gasteiger partial charge in [-0.05, 0) is 60.8 Å². The van der Waals surface area contributed by atoms with Gasteiger partial charge in [-0.25, -0.2) is 8.78 Å². The van der Waals surface area contributed by atoms with E-state index in [1.807, 2.05) is 13.0 Å². The molecule has 112 valence electrons. The minimum Gasteiger partial charge on any atom is -0.306 e. The Labute approximate surface area is 128 Å². The fourth-order valence-corrected chi connectivity index (χ4v) is 2.45. The van der Waals surface area contributed by atoms with Crippen LogP contribution in [-0.2, 0) is 0 Å². The van der Waals surface area contributed by atoms with E-state index < -0.39 is 0 Å². The van der Waals surface area contributed by atoms with Gasteiger partial charge in [-0.3, -0.25) is 0 Å². The fourth-order valence-electron chi connectivity index (χ4n) is 2.22. The maximum absolute atomic E-state index is 13.8. The summed E-state index contributed by atoms with van der Waals surface area (Å²) in [5.41, 5.74) is 1.94. The highest BCUT2D eigenvalue weighted by molar-refractivity contribution is 6.31. The molecule has 2 aromatic rings. The molecule has 0 saturated heterocycles. The van der Waals surface area contributed by atoms with Gasteiger partial charge < -0.3 is 5.32 Å². The molecule has 0 aliphatic heterocycles. The van der Waals surface area contributed by atoms with Crippen molar-refractivity contribution in [3.8, 4) is 0 Å². The minimum absolute atomic E-state index is 0.275. The number of hydrogen-bond donors (Lipinski definition) is 1. The van der Waals surface area contributed by atoms with E-state index in [-0.39, 0.29) is 17.7 Å². The van der Waals surface area contributed by atoms with Crippen molar-refractivity contribution in [3.63, 3.8) is 0 Å². The van der Waals surface area contributed by atoms with E-state index in [4.69, 9.17) is 11.6 Å². The Balaban J connectivity index is 2.46. The molecule has 0 aliphatic rings. The molecular formula is C17H18ClF2N. The van der Waals surface area contributed by atoms with Crippen LogP contribution in [0.1, 0.15) is 36.1 Å². The average Bonchev–Trinajstić information content (AvgIpc) is 2.46. The second-order valence-electron chi connectivity index (χ2n) is 5.06. The van der Waals surface area contributed by atoms with E-state index in [1.165, 1.54) is 24.3 Å². The van der Waals surface area contributed by atoms with Crippen LogP contribution in [0, 0.1) is 18.6 Å². The Bertz CT molecular complexity index is 628. The molecule has 21 heavy (non-hydrogen) atoms. The molecule has 0 fully saturated rings. The van der Waals surface area contributed by atoms with Gasteiger partial charge in [0.2, 0.25) is 0 Å². The third-order valence-electron chi connectivity index (χ3n) is 3.40. The molecular weight excluding hydrogens is 292 g/mol. The second-order valence-corrected chi connectivity index (χ2v) is 5.47. The third kappa shape index (κ3) is 3.80. The summed E-state index contributed by atoms with van der Waals surface area (Å²) >= 11 is 6.19. The number of rotatable bonds is 5. The van der Waals surface area contributed by atoms with Crippen molar-refractivity contribution in [2.75, 3.05) is 6.54 Å². The van der Waals surface area contributed by atoms with Crippen molar-refractivity contribution in [2.45, 2.75) is 26.3 Å². The van der Waals surface area contributed by atoms with Gasteiger partial charge >= 0.3 is 0 Å². The van der Waals surface area contributed by atoms with E-state index in [1.54, 1.807) is 13.0 Å². The van der Waals surface area contributed by atoms with Crippen LogP contribution >= 0.6 is 11.6 Å². The first-order valence-electron chi connectivity index (χ1n) is 6.97.